The molecule has 0 bridgehead atoms. The van der Waals surface area contributed by atoms with Crippen LogP contribution in [0.4, 0.5) is 28.8 Å². The molecule has 160 valence electrons. The predicted octanol–water partition coefficient (Wildman–Crippen LogP) is 6.69. The van der Waals surface area contributed by atoms with E-state index in [4.69, 9.17) is 59.4 Å². The van der Waals surface area contributed by atoms with Crippen molar-refractivity contribution in [3.63, 3.8) is 0 Å². The minimum atomic E-state index is -1.36. The molecule has 12 nitrogen and oxygen atoms in total. The zero-order chi connectivity index (χ0) is 21.5. The van der Waals surface area contributed by atoms with Gasteiger partial charge in [-0.25, -0.2) is 28.8 Å². The Bertz CT molecular complexity index is 271. The van der Waals surface area contributed by atoms with Crippen molar-refractivity contribution in [3.8, 4) is 0 Å². The topological polar surface area (TPSA) is 224 Å². The summed E-state index contributed by atoms with van der Waals surface area (Å²) in [6, 6.07) is 0. The molecule has 0 amide bonds. The van der Waals surface area contributed by atoms with Crippen molar-refractivity contribution in [1.29, 1.82) is 0 Å². The Morgan fingerprint density at radius 1 is 0.346 bits per heavy atom. The van der Waals surface area contributed by atoms with Crippen molar-refractivity contribution in [2.24, 2.45) is 0 Å². The highest BCUT2D eigenvalue weighted by atomic mass is 35.5. The average molecular weight is 515 g/mol. The van der Waals surface area contributed by atoms with Gasteiger partial charge in [-0.15, -0.1) is 0 Å². The van der Waals surface area contributed by atoms with Gasteiger partial charge in [-0.3, -0.25) is 0 Å². The first-order valence-electron chi connectivity index (χ1n) is 3.70. The quantitative estimate of drug-likeness (QED) is 0.186. The Morgan fingerprint density at radius 2 is 0.346 bits per heavy atom. The maximum absolute atomic E-state index is 8.77. The molecule has 0 spiro atoms. The zero-order valence-electron chi connectivity index (χ0n) is 10.4. The van der Waals surface area contributed by atoms with Gasteiger partial charge in [0.05, 0.1) is 0 Å². The molecule has 0 aliphatic rings. The molecule has 0 saturated carbocycles. The van der Waals surface area contributed by atoms with Crippen LogP contribution in [0.15, 0.2) is 0 Å². The molecule has 0 atom stereocenters. The van der Waals surface area contributed by atoms with Crippen LogP contribution in [0, 0.1) is 0 Å². The molecule has 0 aromatic heterocycles. The molecule has 6 N–H and O–H groups in total. The van der Waals surface area contributed by atoms with E-state index in [1.165, 1.54) is 0 Å². The number of halogens is 6. The summed E-state index contributed by atoms with van der Waals surface area (Å²) in [4.78, 5) is 52.6. The molecular weight excluding hydrogens is 501 g/mol. The van der Waals surface area contributed by atoms with Crippen LogP contribution in [0.1, 0.15) is 14.9 Å². The van der Waals surface area contributed by atoms with Crippen molar-refractivity contribution in [3.05, 3.63) is 0 Å². The van der Waals surface area contributed by atoms with Crippen molar-refractivity contribution in [2.45, 2.75) is 14.9 Å². The first-order chi connectivity index (χ1) is 10.4. The highest BCUT2D eigenvalue weighted by Gasteiger charge is 1.72. The van der Waals surface area contributed by atoms with E-state index in [9.17, 15) is 0 Å². The first-order valence-corrected chi connectivity index (χ1v) is 5.97. The SMILES string of the molecule is C.C.O=C(O)Cl.O=C(O)Cl.O=C(O)Cl.O=C(O)Cl.O=C(O)Cl.O=C(O)Cl. The van der Waals surface area contributed by atoms with Gasteiger partial charge >= 0.3 is 32.6 Å². The third kappa shape index (κ3) is 5060. The molecule has 0 rings (SSSR count). The number of carboxylic acid groups (broad SMARTS) is 6. The molecule has 0 radical (unpaired) electrons. The van der Waals surface area contributed by atoms with Gasteiger partial charge in [0.25, 0.3) is 0 Å². The average Bonchev–Trinajstić information content (AvgIpc) is 2.08. The normalized spacial score (nSPS) is 5.77. The minimum Gasteiger partial charge on any atom is -0.469 e. The molecular formula is C8H14Cl6O12. The van der Waals surface area contributed by atoms with E-state index in [1.807, 2.05) is 0 Å². The highest BCUT2D eigenvalue weighted by Crippen LogP contribution is 1.69. The van der Waals surface area contributed by atoms with Crippen molar-refractivity contribution >= 4 is 102 Å². The largest absolute Gasteiger partial charge is 0.469 e. The number of hydrogen-bond acceptors (Lipinski definition) is 6. The molecule has 0 unspecified atom stereocenters. The Balaban J connectivity index is -0.0000000245. The highest BCUT2D eigenvalue weighted by molar-refractivity contribution is 6.61. The van der Waals surface area contributed by atoms with Crippen LogP contribution >= 0.6 is 69.6 Å². The second-order valence-corrected chi connectivity index (χ2v) is 3.46. The van der Waals surface area contributed by atoms with E-state index < -0.39 is 32.6 Å². The summed E-state index contributed by atoms with van der Waals surface area (Å²) in [7, 11) is 0. The Labute approximate surface area is 176 Å². The summed E-state index contributed by atoms with van der Waals surface area (Å²) < 4.78 is 0. The predicted molar refractivity (Wildman–Crippen MR) is 96.7 cm³/mol. The number of rotatable bonds is 0. The molecule has 26 heavy (non-hydrogen) atoms. The van der Waals surface area contributed by atoms with Crippen LogP contribution in [0.3, 0.4) is 0 Å². The Hall–Kier alpha value is -1.44. The Morgan fingerprint density at radius 3 is 0.346 bits per heavy atom. The molecule has 0 aliphatic carbocycles. The minimum absolute atomic E-state index is 0. The van der Waals surface area contributed by atoms with Crippen molar-refractivity contribution in [1.82, 2.24) is 0 Å². The van der Waals surface area contributed by atoms with Gasteiger partial charge in [0.2, 0.25) is 0 Å². The second kappa shape index (κ2) is 43.7. The molecule has 0 saturated heterocycles. The van der Waals surface area contributed by atoms with Crippen LogP contribution < -0.4 is 0 Å². The third-order valence-corrected chi connectivity index (χ3v) is 0. The van der Waals surface area contributed by atoms with Gasteiger partial charge in [0, 0.05) is 69.6 Å². The molecule has 0 heterocycles. The lowest BCUT2D eigenvalue weighted by Crippen LogP contribution is -1.66. The van der Waals surface area contributed by atoms with Gasteiger partial charge in [-0.05, 0) is 0 Å². The zero-order valence-corrected chi connectivity index (χ0v) is 14.9. The summed E-state index contributed by atoms with van der Waals surface area (Å²) in [6.07, 6.45) is 0. The Kier molecular flexibility index (Phi) is 83.6. The molecule has 0 aromatic carbocycles. The monoisotopic (exact) mass is 512 g/mol. The van der Waals surface area contributed by atoms with Crippen LogP contribution in [-0.2, 0) is 0 Å². The lowest BCUT2D eigenvalue weighted by atomic mass is 11.6. The van der Waals surface area contributed by atoms with Crippen molar-refractivity contribution in [2.75, 3.05) is 0 Å². The maximum atomic E-state index is 8.77. The van der Waals surface area contributed by atoms with Gasteiger partial charge in [0.15, 0.2) is 0 Å². The lowest BCUT2D eigenvalue weighted by Gasteiger charge is -1.55. The van der Waals surface area contributed by atoms with E-state index in [0.717, 1.165) is 0 Å². The van der Waals surface area contributed by atoms with Gasteiger partial charge in [-0.2, -0.15) is 0 Å². The first kappa shape index (κ1) is 49.7. The fourth-order valence-corrected chi connectivity index (χ4v) is 0. The van der Waals surface area contributed by atoms with E-state index in [2.05, 4.69) is 69.6 Å². The summed E-state index contributed by atoms with van der Waals surface area (Å²) in [6.45, 7) is 0. The van der Waals surface area contributed by atoms with Crippen LogP contribution in [0.2, 0.25) is 0 Å². The van der Waals surface area contributed by atoms with Gasteiger partial charge in [-0.1, -0.05) is 14.9 Å². The number of carbonyl (C=O) groups is 6. The fraction of sp³-hybridized carbons (Fsp3) is 0.250. The maximum Gasteiger partial charge on any atom is 0.401 e. The molecule has 0 aromatic rings. The summed E-state index contributed by atoms with van der Waals surface area (Å²) >= 11 is 25.1. The third-order valence-electron chi connectivity index (χ3n) is 0. The van der Waals surface area contributed by atoms with E-state index in [-0.39, 0.29) is 14.9 Å². The van der Waals surface area contributed by atoms with E-state index in [1.54, 1.807) is 0 Å². The van der Waals surface area contributed by atoms with E-state index in [0.29, 0.717) is 0 Å². The molecule has 0 fully saturated rings. The summed E-state index contributed by atoms with van der Waals surface area (Å²) in [5.74, 6) is 0. The fourth-order valence-electron chi connectivity index (χ4n) is 0. The van der Waals surface area contributed by atoms with Gasteiger partial charge < -0.3 is 30.6 Å². The lowest BCUT2D eigenvalue weighted by molar-refractivity contribution is 0.219. The summed E-state index contributed by atoms with van der Waals surface area (Å²) in [5, 5.41) is 43.1. The van der Waals surface area contributed by atoms with Crippen LogP contribution in [0.25, 0.3) is 0 Å². The van der Waals surface area contributed by atoms with Crippen LogP contribution in [-0.4, -0.2) is 63.2 Å². The van der Waals surface area contributed by atoms with Gasteiger partial charge in [0.1, 0.15) is 0 Å². The van der Waals surface area contributed by atoms with Crippen molar-refractivity contribution < 1.29 is 59.4 Å². The standard InChI is InChI=1S/6CHClO2.2CH4/c6*2-1(3)4;;/h6*(H,3,4);2*1H4. The van der Waals surface area contributed by atoms with E-state index >= 15 is 0 Å². The summed E-state index contributed by atoms with van der Waals surface area (Å²) in [5.41, 5.74) is -8.17. The second-order valence-electron chi connectivity index (χ2n) is 1.52. The smallest absolute Gasteiger partial charge is 0.401 e. The number of hydrogen-bond donors (Lipinski definition) is 6. The molecule has 18 heteroatoms. The van der Waals surface area contributed by atoms with Crippen LogP contribution in [0.5, 0.6) is 0 Å². The molecule has 0 aliphatic heterocycles.